The van der Waals surface area contributed by atoms with E-state index in [2.05, 4.69) is 10.6 Å². The van der Waals surface area contributed by atoms with Crippen molar-refractivity contribution in [1.29, 1.82) is 0 Å². The minimum atomic E-state index is -4.72. The van der Waals surface area contributed by atoms with Crippen molar-refractivity contribution < 1.29 is 17.6 Å². The van der Waals surface area contributed by atoms with Crippen LogP contribution in [0.25, 0.3) is 17.3 Å². The van der Waals surface area contributed by atoms with Crippen LogP contribution < -0.4 is 0 Å². The van der Waals surface area contributed by atoms with Crippen molar-refractivity contribution in [2.24, 2.45) is 7.05 Å². The summed E-state index contributed by atoms with van der Waals surface area (Å²) < 4.78 is 53.3. The van der Waals surface area contributed by atoms with Crippen molar-refractivity contribution in [3.05, 3.63) is 44.8 Å². The van der Waals surface area contributed by atoms with Crippen LogP contribution in [0.5, 0.6) is 0 Å². The Labute approximate surface area is 137 Å². The van der Waals surface area contributed by atoms with E-state index in [-0.39, 0.29) is 21.8 Å². The van der Waals surface area contributed by atoms with E-state index in [1.165, 1.54) is 12.1 Å². The summed E-state index contributed by atoms with van der Waals surface area (Å²) in [5, 5.41) is 2.98. The van der Waals surface area contributed by atoms with Gasteiger partial charge in [0, 0.05) is 12.6 Å². The minimum absolute atomic E-state index is 0.0255. The molecule has 0 aliphatic rings. The molecule has 0 saturated carbocycles. The molecule has 0 aliphatic heterocycles. The first-order valence-electron chi connectivity index (χ1n) is 5.65. The molecule has 0 N–H and O–H groups in total. The summed E-state index contributed by atoms with van der Waals surface area (Å²) >= 11 is 16.9. The van der Waals surface area contributed by atoms with Gasteiger partial charge in [0.15, 0.2) is 5.69 Å². The predicted molar refractivity (Wildman–Crippen MR) is 77.2 cm³/mol. The van der Waals surface area contributed by atoms with E-state index in [1.54, 1.807) is 0 Å². The normalized spacial score (nSPS) is 12.4. The lowest BCUT2D eigenvalue weighted by Gasteiger charge is -2.07. The molecule has 0 spiro atoms. The fourth-order valence-electron chi connectivity index (χ4n) is 1.89. The number of benzene rings is 1. The third kappa shape index (κ3) is 3.09. The molecule has 0 amide bonds. The van der Waals surface area contributed by atoms with Crippen molar-refractivity contribution in [2.45, 2.75) is 6.18 Å². The van der Waals surface area contributed by atoms with Gasteiger partial charge in [0.2, 0.25) is 0 Å². The van der Waals surface area contributed by atoms with Crippen LogP contribution >= 0.6 is 34.8 Å². The molecule has 0 fully saturated rings. The quantitative estimate of drug-likeness (QED) is 0.631. The van der Waals surface area contributed by atoms with E-state index >= 15 is 0 Å². The molecule has 0 aliphatic carbocycles. The number of hydrogen-bond donors (Lipinski definition) is 0. The number of halogens is 7. The number of rotatable bonds is 2. The Morgan fingerprint density at radius 3 is 2.41 bits per heavy atom. The zero-order valence-electron chi connectivity index (χ0n) is 10.8. The van der Waals surface area contributed by atoms with Crippen molar-refractivity contribution in [3.63, 3.8) is 0 Å². The average molecular weight is 373 g/mol. The molecular formula is C13H6Cl3F4N2. The Balaban J connectivity index is 2.70. The van der Waals surface area contributed by atoms with Gasteiger partial charge in [0.25, 0.3) is 0 Å². The smallest absolute Gasteiger partial charge is 0.262 e. The maximum Gasteiger partial charge on any atom is 0.434 e. The third-order valence-corrected chi connectivity index (χ3v) is 3.60. The average Bonchev–Trinajstić information content (AvgIpc) is 2.67. The van der Waals surface area contributed by atoms with Crippen LogP contribution in [-0.2, 0) is 13.2 Å². The number of alkyl halides is 3. The van der Waals surface area contributed by atoms with Gasteiger partial charge in [-0.2, -0.15) is 18.3 Å². The highest BCUT2D eigenvalue weighted by Crippen LogP contribution is 2.40. The standard InChI is InChI=1S/C13H6Cl3F4N2/c1-22-12(13(18,19)20)10(16)11(21-22)7-4-6(2-3-14)8(15)5-9(7)17/h2,4-5H,1H3. The van der Waals surface area contributed by atoms with Crippen LogP contribution in [0.2, 0.25) is 10.0 Å². The molecule has 9 heteroatoms. The van der Waals surface area contributed by atoms with Gasteiger partial charge in [-0.05, 0) is 23.8 Å². The Morgan fingerprint density at radius 1 is 1.27 bits per heavy atom. The maximum absolute atomic E-state index is 14.0. The second kappa shape index (κ2) is 6.10. The summed E-state index contributed by atoms with van der Waals surface area (Å²) in [6, 6.07) is 2.14. The first-order valence-corrected chi connectivity index (χ1v) is 6.78. The summed E-state index contributed by atoms with van der Waals surface area (Å²) in [6.07, 6.45) is -3.47. The molecule has 0 bridgehead atoms. The van der Waals surface area contributed by atoms with Gasteiger partial charge in [-0.3, -0.25) is 4.68 Å². The number of aryl methyl sites for hydroxylation is 1. The maximum atomic E-state index is 14.0. The van der Waals surface area contributed by atoms with E-state index in [1.807, 2.05) is 0 Å². The van der Waals surface area contributed by atoms with Crippen LogP contribution in [0.4, 0.5) is 17.6 Å². The third-order valence-electron chi connectivity index (χ3n) is 2.81. The second-order valence-electron chi connectivity index (χ2n) is 4.24. The molecule has 1 aromatic carbocycles. The molecule has 2 nitrogen and oxygen atoms in total. The highest BCUT2D eigenvalue weighted by atomic mass is 35.5. The van der Waals surface area contributed by atoms with Crippen LogP contribution in [0, 0.1) is 11.4 Å². The second-order valence-corrected chi connectivity index (χ2v) is 5.24. The van der Waals surface area contributed by atoms with E-state index in [0.29, 0.717) is 4.68 Å². The van der Waals surface area contributed by atoms with Crippen LogP contribution in [-0.4, -0.2) is 9.78 Å². The molecule has 2 rings (SSSR count). The lowest BCUT2D eigenvalue weighted by Crippen LogP contribution is -2.12. The van der Waals surface area contributed by atoms with Crippen LogP contribution in [0.1, 0.15) is 11.3 Å². The molecule has 117 valence electrons. The molecule has 22 heavy (non-hydrogen) atoms. The Hall–Kier alpha value is -1.24. The Morgan fingerprint density at radius 2 is 1.91 bits per heavy atom. The number of nitrogens with zero attached hydrogens (tertiary/aromatic N) is 2. The fourth-order valence-corrected chi connectivity index (χ4v) is 2.59. The highest BCUT2D eigenvalue weighted by Gasteiger charge is 2.39. The largest absolute Gasteiger partial charge is 0.434 e. The van der Waals surface area contributed by atoms with Gasteiger partial charge in [0.05, 0.1) is 15.6 Å². The van der Waals surface area contributed by atoms with Gasteiger partial charge in [0.1, 0.15) is 11.5 Å². The molecule has 0 atom stereocenters. The van der Waals surface area contributed by atoms with Crippen molar-refractivity contribution in [3.8, 4) is 11.3 Å². The topological polar surface area (TPSA) is 17.8 Å². The molecule has 0 unspecified atom stereocenters. The molecule has 1 heterocycles. The minimum Gasteiger partial charge on any atom is -0.262 e. The van der Waals surface area contributed by atoms with Crippen LogP contribution in [0.3, 0.4) is 0 Å². The number of hydrogen-bond acceptors (Lipinski definition) is 1. The zero-order valence-corrected chi connectivity index (χ0v) is 13.0. The van der Waals surface area contributed by atoms with Gasteiger partial charge in [-0.1, -0.05) is 34.8 Å². The Bertz CT molecular complexity index is 751. The van der Waals surface area contributed by atoms with E-state index in [9.17, 15) is 17.6 Å². The first-order chi connectivity index (χ1) is 10.2. The van der Waals surface area contributed by atoms with E-state index in [0.717, 1.165) is 13.1 Å². The van der Waals surface area contributed by atoms with Crippen LogP contribution in [0.15, 0.2) is 12.1 Å². The van der Waals surface area contributed by atoms with Gasteiger partial charge in [-0.25, -0.2) is 4.39 Å². The van der Waals surface area contributed by atoms with Gasteiger partial charge >= 0.3 is 6.18 Å². The molecule has 1 radical (unpaired) electrons. The monoisotopic (exact) mass is 371 g/mol. The van der Waals surface area contributed by atoms with Crippen molar-refractivity contribution >= 4 is 40.9 Å². The summed E-state index contributed by atoms with van der Waals surface area (Å²) in [6.45, 7) is 0. The van der Waals surface area contributed by atoms with Gasteiger partial charge in [-0.15, -0.1) is 0 Å². The SMILES string of the molecule is Cn1nc(-c2cc(C=[C]Cl)c(Cl)cc2F)c(Cl)c1C(F)(F)F. The summed E-state index contributed by atoms with van der Waals surface area (Å²) in [5.74, 6) is -0.856. The van der Waals surface area contributed by atoms with E-state index in [4.69, 9.17) is 34.8 Å². The lowest BCUT2D eigenvalue weighted by atomic mass is 10.1. The van der Waals surface area contributed by atoms with Crippen molar-refractivity contribution in [2.75, 3.05) is 0 Å². The number of aromatic nitrogens is 2. The molecular weight excluding hydrogens is 367 g/mol. The van der Waals surface area contributed by atoms with E-state index < -0.39 is 22.7 Å². The molecule has 2 aromatic rings. The summed E-state index contributed by atoms with van der Waals surface area (Å²) in [7, 11) is 1.07. The molecule has 1 aromatic heterocycles. The lowest BCUT2D eigenvalue weighted by molar-refractivity contribution is -0.143. The van der Waals surface area contributed by atoms with Gasteiger partial charge < -0.3 is 0 Å². The molecule has 0 saturated heterocycles. The summed E-state index contributed by atoms with van der Waals surface area (Å²) in [5.41, 5.74) is 0.718. The predicted octanol–water partition coefficient (Wildman–Crippen LogP) is 5.56. The highest BCUT2D eigenvalue weighted by molar-refractivity contribution is 6.34. The zero-order chi connectivity index (χ0) is 16.7. The first kappa shape index (κ1) is 17.1. The summed E-state index contributed by atoms with van der Waals surface area (Å²) in [4.78, 5) is 0. The Kier molecular flexibility index (Phi) is 4.75. The van der Waals surface area contributed by atoms with Crippen molar-refractivity contribution in [1.82, 2.24) is 9.78 Å². The fraction of sp³-hybridized carbons (Fsp3) is 0.154.